The number of carbonyl (C=O) groups is 3. The smallest absolute Gasteiger partial charge is 0.250 e. The van der Waals surface area contributed by atoms with Crippen molar-refractivity contribution < 1.29 is 18.8 Å². The lowest BCUT2D eigenvalue weighted by Gasteiger charge is -2.29. The van der Waals surface area contributed by atoms with Gasteiger partial charge in [0.05, 0.1) is 11.8 Å². The Kier molecular flexibility index (Phi) is 5.29. The van der Waals surface area contributed by atoms with Crippen molar-refractivity contribution in [2.24, 2.45) is 11.8 Å². The minimum absolute atomic E-state index is 0.246. The molecule has 2 N–H and O–H groups in total. The van der Waals surface area contributed by atoms with Gasteiger partial charge in [-0.15, -0.1) is 0 Å². The number of nitrogens with one attached hydrogen (secondary N) is 2. The molecule has 2 fully saturated rings. The average Bonchev–Trinajstić information content (AvgIpc) is 3.37. The predicted molar refractivity (Wildman–Crippen MR) is 120 cm³/mol. The molecule has 0 bridgehead atoms. The molecule has 8 heteroatoms. The van der Waals surface area contributed by atoms with Gasteiger partial charge in [-0.2, -0.15) is 11.8 Å². The Labute approximate surface area is 189 Å². The molecule has 0 aromatic heterocycles. The van der Waals surface area contributed by atoms with E-state index in [4.69, 9.17) is 0 Å². The van der Waals surface area contributed by atoms with Crippen LogP contribution >= 0.6 is 11.8 Å². The number of carbonyl (C=O) groups excluding carboxylic acids is 3. The first-order chi connectivity index (χ1) is 15.5. The molecule has 2 aromatic rings. The second-order valence-corrected chi connectivity index (χ2v) is 9.54. The zero-order valence-corrected chi connectivity index (χ0v) is 18.5. The first kappa shape index (κ1) is 21.2. The molecule has 2 unspecified atom stereocenters. The van der Waals surface area contributed by atoms with Gasteiger partial charge in [0.1, 0.15) is 11.4 Å². The van der Waals surface area contributed by atoms with Crippen molar-refractivity contribution in [1.29, 1.82) is 0 Å². The number of anilines is 1. The molecule has 166 valence electrons. The van der Waals surface area contributed by atoms with Gasteiger partial charge in [0.15, 0.2) is 0 Å². The highest BCUT2D eigenvalue weighted by Gasteiger charge is 2.70. The van der Waals surface area contributed by atoms with Crippen LogP contribution < -0.4 is 10.6 Å². The van der Waals surface area contributed by atoms with E-state index < -0.39 is 29.1 Å². The van der Waals surface area contributed by atoms with Crippen molar-refractivity contribution in [2.75, 3.05) is 23.9 Å². The summed E-state index contributed by atoms with van der Waals surface area (Å²) in [6.45, 7) is 0.262. The highest BCUT2D eigenvalue weighted by molar-refractivity contribution is 7.98. The summed E-state index contributed by atoms with van der Waals surface area (Å²) in [7, 11) is 0. The van der Waals surface area contributed by atoms with Crippen LogP contribution in [0.4, 0.5) is 10.1 Å². The normalized spacial score (nSPS) is 28.4. The zero-order valence-electron chi connectivity index (χ0n) is 17.6. The van der Waals surface area contributed by atoms with E-state index >= 15 is 0 Å². The molecular formula is C24H24FN3O3S. The molecule has 2 saturated heterocycles. The quantitative estimate of drug-likeness (QED) is 0.658. The first-order valence-corrected chi connectivity index (χ1v) is 12.1. The maximum atomic E-state index is 14.2. The lowest BCUT2D eigenvalue weighted by Crippen LogP contribution is -2.53. The average molecular weight is 454 g/mol. The minimum atomic E-state index is -1.43. The summed E-state index contributed by atoms with van der Waals surface area (Å²) in [5, 5.41) is 6.13. The second-order valence-electron chi connectivity index (χ2n) is 8.55. The van der Waals surface area contributed by atoms with Crippen LogP contribution in [0.2, 0.25) is 0 Å². The summed E-state index contributed by atoms with van der Waals surface area (Å²) < 4.78 is 14.2. The maximum absolute atomic E-state index is 14.2. The van der Waals surface area contributed by atoms with Crippen LogP contribution in [-0.4, -0.2) is 47.2 Å². The van der Waals surface area contributed by atoms with E-state index in [1.807, 2.05) is 36.6 Å². The number of hydrogen-bond acceptors (Lipinski definition) is 5. The Morgan fingerprint density at radius 2 is 1.88 bits per heavy atom. The van der Waals surface area contributed by atoms with E-state index in [-0.39, 0.29) is 24.4 Å². The first-order valence-electron chi connectivity index (χ1n) is 10.7. The molecule has 0 saturated carbocycles. The fraction of sp³-hybridized carbons (Fsp3) is 0.375. The highest BCUT2D eigenvalue weighted by Crippen LogP contribution is 2.53. The Bertz CT molecular complexity index is 1100. The highest BCUT2D eigenvalue weighted by atomic mass is 32.2. The van der Waals surface area contributed by atoms with Crippen molar-refractivity contribution in [2.45, 2.75) is 24.4 Å². The number of thioether (sulfide) groups is 1. The summed E-state index contributed by atoms with van der Waals surface area (Å²) in [5.41, 5.74) is 0.494. The van der Waals surface area contributed by atoms with Gasteiger partial charge >= 0.3 is 0 Å². The third kappa shape index (κ3) is 3.08. The van der Waals surface area contributed by atoms with Gasteiger partial charge in [-0.05, 0) is 48.6 Å². The SMILES string of the molecule is CSCCC1NC2(C(=O)Nc3ccc(F)cc32)[C@H]2C(=O)N(CCc3ccccc3)C(=O)[C@@H]12. The Morgan fingerprint density at radius 1 is 1.09 bits per heavy atom. The molecule has 1 spiro atoms. The van der Waals surface area contributed by atoms with Gasteiger partial charge in [0.2, 0.25) is 17.7 Å². The number of fused-ring (bicyclic) bond motifs is 4. The van der Waals surface area contributed by atoms with E-state index in [0.29, 0.717) is 24.1 Å². The van der Waals surface area contributed by atoms with Crippen LogP contribution in [0.3, 0.4) is 0 Å². The topological polar surface area (TPSA) is 78.5 Å². The number of nitrogens with zero attached hydrogens (tertiary/aromatic N) is 1. The number of hydrogen-bond donors (Lipinski definition) is 2. The van der Waals surface area contributed by atoms with Gasteiger partial charge < -0.3 is 5.32 Å². The molecule has 3 aliphatic heterocycles. The molecule has 4 atom stereocenters. The number of likely N-dealkylation sites (tertiary alicyclic amines) is 1. The third-order valence-electron chi connectivity index (χ3n) is 6.87. The lowest BCUT2D eigenvalue weighted by atomic mass is 9.76. The van der Waals surface area contributed by atoms with Gasteiger partial charge in [-0.3, -0.25) is 24.6 Å². The summed E-state index contributed by atoms with van der Waals surface area (Å²) in [6.07, 6.45) is 3.15. The lowest BCUT2D eigenvalue weighted by molar-refractivity contribution is -0.142. The number of halogens is 1. The molecule has 3 heterocycles. The van der Waals surface area contributed by atoms with Gasteiger partial charge in [-0.1, -0.05) is 30.3 Å². The van der Waals surface area contributed by atoms with E-state index in [1.165, 1.54) is 23.1 Å². The van der Waals surface area contributed by atoms with E-state index in [9.17, 15) is 18.8 Å². The zero-order chi connectivity index (χ0) is 22.5. The maximum Gasteiger partial charge on any atom is 0.250 e. The molecule has 3 amide bonds. The van der Waals surface area contributed by atoms with E-state index in [2.05, 4.69) is 10.6 Å². The summed E-state index contributed by atoms with van der Waals surface area (Å²) in [6, 6.07) is 13.4. The molecule has 0 radical (unpaired) electrons. The van der Waals surface area contributed by atoms with Crippen LogP contribution in [0.1, 0.15) is 17.5 Å². The van der Waals surface area contributed by atoms with E-state index in [0.717, 1.165) is 11.3 Å². The molecule has 3 aliphatic rings. The van der Waals surface area contributed by atoms with Crippen LogP contribution in [0.15, 0.2) is 48.5 Å². The molecule has 32 heavy (non-hydrogen) atoms. The second kappa shape index (κ2) is 8.01. The van der Waals surface area contributed by atoms with Crippen molar-refractivity contribution in [3.63, 3.8) is 0 Å². The monoisotopic (exact) mass is 453 g/mol. The summed E-state index contributed by atoms with van der Waals surface area (Å²) >= 11 is 1.64. The van der Waals surface area contributed by atoms with Gasteiger partial charge in [-0.25, -0.2) is 4.39 Å². The number of imide groups is 1. The fourth-order valence-electron chi connectivity index (χ4n) is 5.43. The number of amides is 3. The Balaban J connectivity index is 1.53. The van der Waals surface area contributed by atoms with Crippen LogP contribution in [-0.2, 0) is 26.3 Å². The summed E-state index contributed by atoms with van der Waals surface area (Å²) in [5.74, 6) is -2.24. The summed E-state index contributed by atoms with van der Waals surface area (Å²) in [4.78, 5) is 41.7. The van der Waals surface area contributed by atoms with E-state index in [1.54, 1.807) is 11.8 Å². The van der Waals surface area contributed by atoms with Crippen LogP contribution in [0.5, 0.6) is 0 Å². The standard InChI is InChI=1S/C24H24FN3O3S/c1-32-12-10-18-19-20(22(30)28(21(19)29)11-9-14-5-3-2-4-6-14)24(27-18)16-13-15(25)7-8-17(16)26-23(24)31/h2-8,13,18-20,27H,9-12H2,1H3,(H,26,31)/t18?,19-,20+,24?/m0/s1. The minimum Gasteiger partial charge on any atom is -0.324 e. The molecule has 6 nitrogen and oxygen atoms in total. The molecule has 2 aromatic carbocycles. The van der Waals surface area contributed by atoms with Gasteiger partial charge in [0, 0.05) is 23.8 Å². The molecule has 0 aliphatic carbocycles. The fourth-order valence-corrected chi connectivity index (χ4v) is 5.92. The third-order valence-corrected chi connectivity index (χ3v) is 7.51. The van der Waals surface area contributed by atoms with Crippen molar-refractivity contribution in [3.8, 4) is 0 Å². The predicted octanol–water partition coefficient (Wildman–Crippen LogP) is 2.54. The van der Waals surface area contributed by atoms with Crippen LogP contribution in [0.25, 0.3) is 0 Å². The van der Waals surface area contributed by atoms with Crippen LogP contribution in [0, 0.1) is 17.7 Å². The number of benzene rings is 2. The Hall–Kier alpha value is -2.71. The largest absolute Gasteiger partial charge is 0.324 e. The molecular weight excluding hydrogens is 429 g/mol. The van der Waals surface area contributed by atoms with Crippen molar-refractivity contribution in [3.05, 3.63) is 65.5 Å². The van der Waals surface area contributed by atoms with Crippen molar-refractivity contribution >= 4 is 35.2 Å². The molecule has 5 rings (SSSR count). The van der Waals surface area contributed by atoms with Gasteiger partial charge in [0.25, 0.3) is 0 Å². The van der Waals surface area contributed by atoms with Crippen molar-refractivity contribution in [1.82, 2.24) is 10.2 Å². The Morgan fingerprint density at radius 3 is 2.62 bits per heavy atom. The number of rotatable bonds is 6.